The van der Waals surface area contributed by atoms with Gasteiger partial charge in [0.1, 0.15) is 23.7 Å². The lowest BCUT2D eigenvalue weighted by Crippen LogP contribution is -2.57. The number of furan rings is 1. The van der Waals surface area contributed by atoms with Crippen LogP contribution in [0.25, 0.3) is 0 Å². The number of hydrogen-bond donors (Lipinski definition) is 1. The van der Waals surface area contributed by atoms with Gasteiger partial charge >= 0.3 is 0 Å². The maximum atomic E-state index is 10.2. The highest BCUT2D eigenvalue weighted by Gasteiger charge is 2.51. The molecule has 44 heavy (non-hydrogen) atoms. The van der Waals surface area contributed by atoms with Gasteiger partial charge in [0.25, 0.3) is 0 Å². The van der Waals surface area contributed by atoms with Crippen LogP contribution in [0.3, 0.4) is 0 Å². The van der Waals surface area contributed by atoms with Gasteiger partial charge in [-0.1, -0.05) is 83.1 Å². The summed E-state index contributed by atoms with van der Waals surface area (Å²) in [5.41, 5.74) is 0.772. The summed E-state index contributed by atoms with van der Waals surface area (Å²) < 4.78 is 35.6. The lowest BCUT2D eigenvalue weighted by Gasteiger charge is -2.49. The Morgan fingerprint density at radius 1 is 0.636 bits per heavy atom. The first-order chi connectivity index (χ1) is 19.2. The van der Waals surface area contributed by atoms with Crippen LogP contribution in [-0.4, -0.2) is 57.2 Å². The SMILES string of the molecule is Cc1oc([C@@H](O[Si](C)(C)C(C)(C)C)[C@H](O[Si](C)(C)C(C)(C)C)[C@@H](CO[Si](C)(C)C(C)(C)C)O[Si](C)(C)C(C)(C)C)cc1CO. The van der Waals surface area contributed by atoms with Gasteiger partial charge in [-0.15, -0.1) is 0 Å². The zero-order valence-electron chi connectivity index (χ0n) is 32.7. The Morgan fingerprint density at radius 3 is 1.39 bits per heavy atom. The maximum Gasteiger partial charge on any atom is 0.193 e. The molecule has 0 saturated heterocycles. The van der Waals surface area contributed by atoms with E-state index in [0.29, 0.717) is 18.1 Å². The molecule has 1 aromatic heterocycles. The Balaban J connectivity index is 4.10. The molecule has 0 spiro atoms. The Kier molecular flexibility index (Phi) is 13.2. The quantitative estimate of drug-likeness (QED) is 0.208. The molecule has 1 heterocycles. The van der Waals surface area contributed by atoms with Crippen LogP contribution in [-0.2, 0) is 24.3 Å². The van der Waals surface area contributed by atoms with Gasteiger partial charge in [-0.3, -0.25) is 0 Å². The highest BCUT2D eigenvalue weighted by Crippen LogP contribution is 2.47. The Morgan fingerprint density at radius 2 is 1.02 bits per heavy atom. The molecular formula is C34H72O6Si4. The largest absolute Gasteiger partial charge is 0.463 e. The highest BCUT2D eigenvalue weighted by molar-refractivity contribution is 6.75. The van der Waals surface area contributed by atoms with E-state index in [1.54, 1.807) is 0 Å². The fraction of sp³-hybridized carbons (Fsp3) is 0.882. The summed E-state index contributed by atoms with van der Waals surface area (Å²) >= 11 is 0. The van der Waals surface area contributed by atoms with Gasteiger partial charge in [0, 0.05) is 5.56 Å². The topological polar surface area (TPSA) is 70.3 Å². The summed E-state index contributed by atoms with van der Waals surface area (Å²) in [6, 6.07) is 1.97. The van der Waals surface area contributed by atoms with Crippen molar-refractivity contribution in [3.63, 3.8) is 0 Å². The van der Waals surface area contributed by atoms with Crippen molar-refractivity contribution in [2.45, 2.75) is 187 Å². The first-order valence-electron chi connectivity index (χ1n) is 16.6. The molecule has 0 aliphatic carbocycles. The van der Waals surface area contributed by atoms with Crippen molar-refractivity contribution in [2.24, 2.45) is 0 Å². The van der Waals surface area contributed by atoms with E-state index in [1.807, 2.05) is 13.0 Å². The van der Waals surface area contributed by atoms with E-state index < -0.39 is 45.5 Å². The van der Waals surface area contributed by atoms with E-state index in [2.05, 4.69) is 135 Å². The minimum atomic E-state index is -2.36. The van der Waals surface area contributed by atoms with Crippen LogP contribution in [0.15, 0.2) is 10.5 Å². The number of aliphatic hydroxyl groups excluding tert-OH is 1. The van der Waals surface area contributed by atoms with Crippen LogP contribution in [0.4, 0.5) is 0 Å². The molecule has 1 aromatic rings. The van der Waals surface area contributed by atoms with Crippen LogP contribution in [0, 0.1) is 6.92 Å². The van der Waals surface area contributed by atoms with Gasteiger partial charge in [0.2, 0.25) is 0 Å². The Bertz CT molecular complexity index is 1070. The minimum absolute atomic E-state index is 0.00907. The molecule has 3 atom stereocenters. The molecule has 0 aliphatic heterocycles. The van der Waals surface area contributed by atoms with Crippen molar-refractivity contribution in [1.82, 2.24) is 0 Å². The van der Waals surface area contributed by atoms with Crippen molar-refractivity contribution in [3.8, 4) is 0 Å². The third kappa shape index (κ3) is 10.2. The van der Waals surface area contributed by atoms with Crippen molar-refractivity contribution in [2.75, 3.05) is 6.61 Å². The van der Waals surface area contributed by atoms with Crippen molar-refractivity contribution in [3.05, 3.63) is 23.2 Å². The molecule has 0 bridgehead atoms. The second-order valence-corrected chi connectivity index (χ2v) is 38.1. The standard InChI is InChI=1S/C34H72O6Si4/c1-25-26(23-35)22-27(37-25)29(39-43(18,19)33(8,9)10)30(40-44(20,21)34(11,12)13)28(38-42(16,17)32(5,6)7)24-36-41(14,15)31(2,3)4/h22,28-30,35H,23-24H2,1-21H3/t28-,29-,30-/m1/s1. The van der Waals surface area contributed by atoms with E-state index in [-0.39, 0.29) is 32.9 Å². The van der Waals surface area contributed by atoms with E-state index in [1.165, 1.54) is 0 Å². The van der Waals surface area contributed by atoms with Gasteiger partial charge < -0.3 is 27.2 Å². The first-order valence-corrected chi connectivity index (χ1v) is 28.2. The van der Waals surface area contributed by atoms with Gasteiger partial charge in [0.05, 0.1) is 19.3 Å². The molecule has 10 heteroatoms. The summed E-state index contributed by atoms with van der Waals surface area (Å²) in [6.07, 6.45) is -1.38. The third-order valence-electron chi connectivity index (χ3n) is 11.3. The fourth-order valence-electron chi connectivity index (χ4n) is 3.73. The lowest BCUT2D eigenvalue weighted by atomic mass is 10.1. The monoisotopic (exact) mass is 688 g/mol. The van der Waals surface area contributed by atoms with Crippen LogP contribution < -0.4 is 0 Å². The Hall–Kier alpha value is -0.0525. The van der Waals surface area contributed by atoms with Crippen LogP contribution in [0.2, 0.25) is 72.5 Å². The predicted octanol–water partition coefficient (Wildman–Crippen LogP) is 10.9. The van der Waals surface area contributed by atoms with Crippen molar-refractivity contribution in [1.29, 1.82) is 0 Å². The molecule has 260 valence electrons. The van der Waals surface area contributed by atoms with Gasteiger partial charge in [-0.2, -0.15) is 0 Å². The summed E-state index contributed by atoms with van der Waals surface area (Å²) in [7, 11) is -9.13. The minimum Gasteiger partial charge on any atom is -0.463 e. The van der Waals surface area contributed by atoms with Gasteiger partial charge in [0.15, 0.2) is 33.3 Å². The van der Waals surface area contributed by atoms with Crippen LogP contribution >= 0.6 is 0 Å². The molecule has 0 amide bonds. The molecule has 1 N–H and O–H groups in total. The average molecular weight is 689 g/mol. The summed E-state index contributed by atoms with van der Waals surface area (Å²) in [6.45, 7) is 47.9. The van der Waals surface area contributed by atoms with Crippen LogP contribution in [0.1, 0.15) is 106 Å². The van der Waals surface area contributed by atoms with E-state index in [9.17, 15) is 5.11 Å². The third-order valence-corrected chi connectivity index (χ3v) is 29.2. The van der Waals surface area contributed by atoms with E-state index in [0.717, 1.165) is 5.56 Å². The van der Waals surface area contributed by atoms with Crippen molar-refractivity contribution >= 4 is 33.3 Å². The van der Waals surface area contributed by atoms with Gasteiger partial charge in [-0.05, 0) is 85.5 Å². The molecule has 0 radical (unpaired) electrons. The van der Waals surface area contributed by atoms with Crippen molar-refractivity contribution < 1.29 is 27.2 Å². The molecule has 0 unspecified atom stereocenters. The fourth-order valence-corrected chi connectivity index (χ4v) is 8.61. The maximum absolute atomic E-state index is 10.2. The molecule has 0 saturated carbocycles. The zero-order valence-corrected chi connectivity index (χ0v) is 36.7. The average Bonchev–Trinajstić information content (AvgIpc) is 3.16. The first kappa shape index (κ1) is 42.0. The number of aliphatic hydroxyl groups is 1. The molecular weight excluding hydrogens is 617 g/mol. The summed E-state index contributed by atoms with van der Waals surface area (Å²) in [4.78, 5) is 0. The Labute approximate surface area is 276 Å². The lowest BCUT2D eigenvalue weighted by molar-refractivity contribution is -0.0639. The summed E-state index contributed by atoms with van der Waals surface area (Å²) in [5, 5.41) is 10.1. The van der Waals surface area contributed by atoms with Crippen LogP contribution in [0.5, 0.6) is 0 Å². The predicted molar refractivity (Wildman–Crippen MR) is 198 cm³/mol. The van der Waals surface area contributed by atoms with Gasteiger partial charge in [-0.25, -0.2) is 0 Å². The number of hydrogen-bond acceptors (Lipinski definition) is 6. The molecule has 6 nitrogen and oxygen atoms in total. The normalized spacial score (nSPS) is 17.1. The molecule has 0 fully saturated rings. The zero-order chi connectivity index (χ0) is 35.1. The second-order valence-electron chi connectivity index (χ2n) is 19.0. The molecule has 1 rings (SSSR count). The number of rotatable bonds is 13. The molecule has 0 aliphatic rings. The summed E-state index contributed by atoms with van der Waals surface area (Å²) in [5.74, 6) is 1.40. The molecule has 0 aromatic carbocycles. The smallest absolute Gasteiger partial charge is 0.193 e. The number of aryl methyl sites for hydroxylation is 1. The highest BCUT2D eigenvalue weighted by atomic mass is 28.4. The second kappa shape index (κ2) is 13.8. The van der Waals surface area contributed by atoms with E-state index >= 15 is 0 Å². The van der Waals surface area contributed by atoms with E-state index in [4.69, 9.17) is 22.1 Å².